The molecule has 3 N–H and O–H groups in total. The molecule has 0 saturated heterocycles. The van der Waals surface area contributed by atoms with Crippen molar-refractivity contribution in [2.75, 3.05) is 0 Å². The Balaban J connectivity index is 1.32. The molecule has 32 heavy (non-hydrogen) atoms. The molecule has 0 aromatic carbocycles. The molecule has 4 saturated carbocycles. The van der Waals surface area contributed by atoms with Crippen LogP contribution in [0.1, 0.15) is 84.3 Å². The summed E-state index contributed by atoms with van der Waals surface area (Å²) >= 11 is 0. The fraction of sp³-hybridized carbons (Fsp3) is 0.808. The number of carbonyl (C=O) groups is 1. The van der Waals surface area contributed by atoms with Gasteiger partial charge in [-0.05, 0) is 99.2 Å². The highest BCUT2D eigenvalue weighted by Gasteiger charge is 2.61. The summed E-state index contributed by atoms with van der Waals surface area (Å²) in [4.78, 5) is 13.4. The molecule has 0 aliphatic heterocycles. The van der Waals surface area contributed by atoms with Gasteiger partial charge >= 0.3 is 0 Å². The third-order valence-electron chi connectivity index (χ3n) is 10.5. The number of hydrogen-bond acceptors (Lipinski definition) is 5. The fourth-order valence-corrected chi connectivity index (χ4v) is 8.75. The minimum absolute atomic E-state index is 0.0997. The van der Waals surface area contributed by atoms with Crippen molar-refractivity contribution in [1.82, 2.24) is 15.0 Å². The average Bonchev–Trinajstić information content (AvgIpc) is 3.32. The maximum atomic E-state index is 13.4. The van der Waals surface area contributed by atoms with Gasteiger partial charge < -0.3 is 10.8 Å². The molecule has 0 unspecified atom stereocenters. The Labute approximate surface area is 192 Å². The number of nitrogens with two attached hydrogens (primary N) is 1. The Bertz CT molecular complexity index is 923. The summed E-state index contributed by atoms with van der Waals surface area (Å²) in [6.45, 7) is 10.9. The number of fused-ring (bicyclic) bond motifs is 5. The van der Waals surface area contributed by atoms with Crippen molar-refractivity contribution < 1.29 is 9.90 Å². The fourth-order valence-electron chi connectivity index (χ4n) is 8.75. The van der Waals surface area contributed by atoms with Gasteiger partial charge in [-0.15, -0.1) is 5.10 Å². The molecule has 176 valence electrons. The van der Waals surface area contributed by atoms with Gasteiger partial charge in [-0.1, -0.05) is 25.6 Å². The molecule has 4 aliphatic carbocycles. The molecular weight excluding hydrogens is 400 g/mol. The van der Waals surface area contributed by atoms with E-state index in [1.807, 2.05) is 6.92 Å². The maximum absolute atomic E-state index is 13.4. The van der Waals surface area contributed by atoms with Crippen LogP contribution < -0.4 is 5.73 Å². The van der Waals surface area contributed by atoms with E-state index in [2.05, 4.69) is 30.7 Å². The quantitative estimate of drug-likeness (QED) is 0.732. The molecule has 1 aromatic rings. The Hall–Kier alpha value is -1.69. The van der Waals surface area contributed by atoms with Crippen molar-refractivity contribution in [3.8, 4) is 0 Å². The van der Waals surface area contributed by atoms with Crippen LogP contribution in [-0.2, 0) is 11.3 Å². The van der Waals surface area contributed by atoms with E-state index in [4.69, 9.17) is 5.73 Å². The largest absolute Gasteiger partial charge is 0.397 e. The number of ketones is 1. The van der Waals surface area contributed by atoms with Crippen LogP contribution in [0.2, 0.25) is 0 Å². The van der Waals surface area contributed by atoms with E-state index in [1.165, 1.54) is 25.7 Å². The van der Waals surface area contributed by atoms with Crippen molar-refractivity contribution in [1.29, 1.82) is 0 Å². The zero-order chi connectivity index (χ0) is 22.9. The minimum atomic E-state index is -0.484. The summed E-state index contributed by atoms with van der Waals surface area (Å²) < 4.78 is 1.62. The molecule has 0 radical (unpaired) electrons. The van der Waals surface area contributed by atoms with Crippen LogP contribution in [0.4, 0.5) is 0 Å². The first-order chi connectivity index (χ1) is 15.0. The van der Waals surface area contributed by atoms with Gasteiger partial charge in [0.1, 0.15) is 12.2 Å². The highest BCUT2D eigenvalue weighted by atomic mass is 16.3. The van der Waals surface area contributed by atoms with Gasteiger partial charge in [0.2, 0.25) is 0 Å². The smallest absolute Gasteiger partial charge is 0.157 e. The van der Waals surface area contributed by atoms with Gasteiger partial charge in [-0.3, -0.25) is 4.79 Å². The maximum Gasteiger partial charge on any atom is 0.157 e. The number of rotatable bonds is 4. The average molecular weight is 441 g/mol. The van der Waals surface area contributed by atoms with E-state index in [-0.39, 0.29) is 17.9 Å². The van der Waals surface area contributed by atoms with Crippen LogP contribution in [0.25, 0.3) is 5.70 Å². The van der Waals surface area contributed by atoms with Gasteiger partial charge in [0.25, 0.3) is 0 Å². The van der Waals surface area contributed by atoms with Crippen LogP contribution in [0, 0.1) is 40.4 Å². The normalized spacial score (nSPS) is 45.6. The first-order valence-electron chi connectivity index (χ1n) is 12.6. The van der Waals surface area contributed by atoms with Gasteiger partial charge in [0.15, 0.2) is 5.78 Å². The predicted octanol–water partition coefficient (Wildman–Crippen LogP) is 4.19. The Morgan fingerprint density at radius 2 is 1.88 bits per heavy atom. The molecule has 6 nitrogen and oxygen atoms in total. The second kappa shape index (κ2) is 7.41. The molecule has 0 amide bonds. The lowest BCUT2D eigenvalue weighted by Crippen LogP contribution is -2.55. The molecule has 4 fully saturated rings. The van der Waals surface area contributed by atoms with E-state index in [0.717, 1.165) is 43.9 Å². The van der Waals surface area contributed by atoms with Crippen molar-refractivity contribution in [2.24, 2.45) is 46.2 Å². The van der Waals surface area contributed by atoms with E-state index in [1.54, 1.807) is 10.9 Å². The molecule has 4 aliphatic rings. The molecular formula is C26H40N4O2. The number of carbonyl (C=O) groups excluding carboxylic acids is 1. The number of aliphatic hydroxyl groups is 1. The van der Waals surface area contributed by atoms with Gasteiger partial charge in [-0.25, -0.2) is 4.68 Å². The molecule has 5 rings (SSSR count). The van der Waals surface area contributed by atoms with Gasteiger partial charge in [0, 0.05) is 5.92 Å². The van der Waals surface area contributed by atoms with Crippen LogP contribution in [0.5, 0.6) is 0 Å². The lowest BCUT2D eigenvalue weighted by Gasteiger charge is -2.61. The van der Waals surface area contributed by atoms with Crippen LogP contribution in [0.15, 0.2) is 12.8 Å². The lowest BCUT2D eigenvalue weighted by atomic mass is 9.44. The predicted molar refractivity (Wildman–Crippen MR) is 124 cm³/mol. The number of aromatic nitrogens is 3. The van der Waals surface area contributed by atoms with E-state index >= 15 is 0 Å². The molecule has 1 aromatic heterocycles. The summed E-state index contributed by atoms with van der Waals surface area (Å²) in [5.41, 5.74) is 6.61. The molecule has 8 atom stereocenters. The van der Waals surface area contributed by atoms with Crippen molar-refractivity contribution in [3.63, 3.8) is 0 Å². The Kier molecular flexibility index (Phi) is 5.12. The second-order valence-corrected chi connectivity index (χ2v) is 12.3. The topological polar surface area (TPSA) is 94.0 Å². The lowest BCUT2D eigenvalue weighted by molar-refractivity contribution is -0.151. The molecule has 0 bridgehead atoms. The monoisotopic (exact) mass is 440 g/mol. The van der Waals surface area contributed by atoms with Gasteiger partial charge in [-0.2, -0.15) is 0 Å². The summed E-state index contributed by atoms with van der Waals surface area (Å²) in [6.07, 6.45) is 11.8. The van der Waals surface area contributed by atoms with Crippen LogP contribution >= 0.6 is 0 Å². The molecule has 6 heteroatoms. The van der Waals surface area contributed by atoms with Crippen molar-refractivity contribution >= 4 is 11.5 Å². The highest BCUT2D eigenvalue weighted by molar-refractivity contribution is 5.82. The van der Waals surface area contributed by atoms with Gasteiger partial charge in [0.05, 0.1) is 17.5 Å². The molecule has 1 heterocycles. The number of hydrogen-bond donors (Lipinski definition) is 2. The summed E-state index contributed by atoms with van der Waals surface area (Å²) in [7, 11) is 0. The standard InChI is InChI=1S/C26H40N4O2/c1-16(27)22-14-30(29-28-22)15-23(31)21-8-7-19-18-6-5-17-13-24(2,32)11-12-25(17,3)20(18)9-10-26(19,21)4/h14,17-21,32H,1,5-13,15,27H2,2-4H3/t17-,18+,19+,20+,21-,24-,25+,26+/m1/s1. The summed E-state index contributed by atoms with van der Waals surface area (Å²) in [6, 6.07) is 0. The zero-order valence-electron chi connectivity index (χ0n) is 20.0. The Morgan fingerprint density at radius 1 is 1.12 bits per heavy atom. The molecule has 0 spiro atoms. The number of nitrogens with zero attached hydrogens (tertiary/aromatic N) is 3. The first kappa shape index (κ1) is 22.1. The van der Waals surface area contributed by atoms with Crippen LogP contribution in [-0.4, -0.2) is 31.5 Å². The van der Waals surface area contributed by atoms with E-state index < -0.39 is 5.60 Å². The minimum Gasteiger partial charge on any atom is -0.397 e. The zero-order valence-corrected chi connectivity index (χ0v) is 20.0. The third kappa shape index (κ3) is 3.36. The SMILES string of the molecule is C=C(N)c1cn(CC(=O)[C@H]2CC[C@H]3[C@@H]4CC[C@@H]5C[C@](C)(O)CC[C@]5(C)[C@H]4CC[C@]23C)nn1. The van der Waals surface area contributed by atoms with Crippen molar-refractivity contribution in [3.05, 3.63) is 18.5 Å². The third-order valence-corrected chi connectivity index (χ3v) is 10.5. The number of Topliss-reactive ketones (excluding diaryl/α,β-unsaturated/α-hetero) is 1. The van der Waals surface area contributed by atoms with E-state index in [9.17, 15) is 9.90 Å². The Morgan fingerprint density at radius 3 is 2.59 bits per heavy atom. The van der Waals surface area contributed by atoms with E-state index in [0.29, 0.717) is 34.4 Å². The summed E-state index contributed by atoms with van der Waals surface area (Å²) in [5, 5.41) is 18.8. The van der Waals surface area contributed by atoms with Crippen LogP contribution in [0.3, 0.4) is 0 Å². The first-order valence-corrected chi connectivity index (χ1v) is 12.6. The highest BCUT2D eigenvalue weighted by Crippen LogP contribution is 2.68. The summed E-state index contributed by atoms with van der Waals surface area (Å²) in [5.74, 6) is 3.17. The second-order valence-electron chi connectivity index (χ2n) is 12.3. The van der Waals surface area contributed by atoms with Crippen molar-refractivity contribution in [2.45, 2.75) is 90.7 Å².